The predicted octanol–water partition coefficient (Wildman–Crippen LogP) is 5.00. The lowest BCUT2D eigenvalue weighted by Crippen LogP contribution is -2.41. The van der Waals surface area contributed by atoms with Gasteiger partial charge in [-0.2, -0.15) is 0 Å². The third-order valence-electron chi connectivity index (χ3n) is 5.91. The van der Waals surface area contributed by atoms with Crippen molar-refractivity contribution in [3.63, 3.8) is 0 Å². The molecule has 10 heteroatoms. The SMILES string of the molecule is CCc1ccc([C@H](C)NC(=O)CN(c2cc(Cl)ccc2OC)S(=O)(=O)c2ccc(OC)c(OC)c2)cc1. The van der Waals surface area contributed by atoms with E-state index in [0.29, 0.717) is 5.75 Å². The second-order valence-electron chi connectivity index (χ2n) is 8.23. The molecule has 37 heavy (non-hydrogen) atoms. The Labute approximate surface area is 223 Å². The van der Waals surface area contributed by atoms with Gasteiger partial charge in [-0.05, 0) is 54.8 Å². The molecule has 0 bridgehead atoms. The number of benzene rings is 3. The molecule has 198 valence electrons. The van der Waals surface area contributed by atoms with E-state index in [0.717, 1.165) is 16.3 Å². The Bertz CT molecular complexity index is 1350. The van der Waals surface area contributed by atoms with Crippen LogP contribution in [0.5, 0.6) is 17.2 Å². The summed E-state index contributed by atoms with van der Waals surface area (Å²) < 4.78 is 44.7. The first-order valence-corrected chi connectivity index (χ1v) is 13.4. The number of hydrogen-bond acceptors (Lipinski definition) is 6. The van der Waals surface area contributed by atoms with E-state index in [1.54, 1.807) is 12.1 Å². The zero-order chi connectivity index (χ0) is 27.2. The maximum Gasteiger partial charge on any atom is 0.265 e. The molecule has 0 unspecified atom stereocenters. The average Bonchev–Trinajstić information content (AvgIpc) is 2.91. The molecule has 1 atom stereocenters. The summed E-state index contributed by atoms with van der Waals surface area (Å²) in [6, 6.07) is 16.3. The number of carbonyl (C=O) groups is 1. The zero-order valence-electron chi connectivity index (χ0n) is 21.4. The van der Waals surface area contributed by atoms with Gasteiger partial charge in [0, 0.05) is 11.1 Å². The minimum atomic E-state index is -4.27. The van der Waals surface area contributed by atoms with Gasteiger partial charge in [-0.25, -0.2) is 8.42 Å². The van der Waals surface area contributed by atoms with Gasteiger partial charge in [-0.15, -0.1) is 0 Å². The number of halogens is 1. The summed E-state index contributed by atoms with van der Waals surface area (Å²) in [6.45, 7) is 3.40. The maximum atomic E-state index is 13.9. The van der Waals surface area contributed by atoms with Gasteiger partial charge in [0.2, 0.25) is 5.91 Å². The van der Waals surface area contributed by atoms with E-state index in [1.165, 1.54) is 51.2 Å². The molecule has 1 N–H and O–H groups in total. The Hall–Kier alpha value is -3.43. The molecular weight excluding hydrogens is 516 g/mol. The second-order valence-corrected chi connectivity index (χ2v) is 10.5. The van der Waals surface area contributed by atoms with E-state index in [-0.39, 0.29) is 33.1 Å². The van der Waals surface area contributed by atoms with E-state index in [2.05, 4.69) is 12.2 Å². The minimum absolute atomic E-state index is 0.0943. The van der Waals surface area contributed by atoms with Crippen LogP contribution in [0.1, 0.15) is 31.0 Å². The van der Waals surface area contributed by atoms with Gasteiger partial charge >= 0.3 is 0 Å². The van der Waals surface area contributed by atoms with E-state index in [9.17, 15) is 13.2 Å². The fourth-order valence-corrected chi connectivity index (χ4v) is 5.41. The van der Waals surface area contributed by atoms with Crippen molar-refractivity contribution in [2.75, 3.05) is 32.2 Å². The van der Waals surface area contributed by atoms with Crippen LogP contribution >= 0.6 is 11.6 Å². The van der Waals surface area contributed by atoms with Gasteiger partial charge in [0.15, 0.2) is 11.5 Å². The molecule has 1 amide bonds. The number of sulfonamides is 1. The van der Waals surface area contributed by atoms with Crippen molar-refractivity contribution < 1.29 is 27.4 Å². The summed E-state index contributed by atoms with van der Waals surface area (Å²) in [5, 5.41) is 3.17. The van der Waals surface area contributed by atoms with E-state index >= 15 is 0 Å². The van der Waals surface area contributed by atoms with Gasteiger partial charge < -0.3 is 19.5 Å². The molecule has 0 aliphatic rings. The number of hydrogen-bond donors (Lipinski definition) is 1. The molecule has 0 heterocycles. The maximum absolute atomic E-state index is 13.9. The average molecular weight is 547 g/mol. The van der Waals surface area contributed by atoms with Gasteiger partial charge in [0.1, 0.15) is 12.3 Å². The van der Waals surface area contributed by atoms with E-state index < -0.39 is 22.5 Å². The highest BCUT2D eigenvalue weighted by Crippen LogP contribution is 2.37. The van der Waals surface area contributed by atoms with Gasteiger partial charge in [-0.1, -0.05) is 42.8 Å². The van der Waals surface area contributed by atoms with Crippen molar-refractivity contribution in [2.24, 2.45) is 0 Å². The van der Waals surface area contributed by atoms with Crippen LogP contribution < -0.4 is 23.8 Å². The molecule has 0 fully saturated rings. The number of aryl methyl sites for hydroxylation is 1. The molecule has 3 rings (SSSR count). The molecular formula is C27H31ClN2O6S. The Balaban J connectivity index is 2.00. The van der Waals surface area contributed by atoms with Crippen molar-refractivity contribution >= 4 is 33.2 Å². The van der Waals surface area contributed by atoms with Crippen LogP contribution in [0.4, 0.5) is 5.69 Å². The molecule has 3 aromatic carbocycles. The van der Waals surface area contributed by atoms with E-state index in [1.807, 2.05) is 31.2 Å². The van der Waals surface area contributed by atoms with Crippen LogP contribution in [0.25, 0.3) is 0 Å². The quantitative estimate of drug-likeness (QED) is 0.364. The Morgan fingerprint density at radius 2 is 1.54 bits per heavy atom. The summed E-state index contributed by atoms with van der Waals surface area (Å²) in [5.41, 5.74) is 2.21. The van der Waals surface area contributed by atoms with Crippen LogP contribution in [0.3, 0.4) is 0 Å². The molecule has 0 radical (unpaired) electrons. The molecule has 0 saturated heterocycles. The van der Waals surface area contributed by atoms with Crippen LogP contribution in [0, 0.1) is 0 Å². The van der Waals surface area contributed by atoms with Crippen LogP contribution in [-0.4, -0.2) is 42.2 Å². The normalized spacial score (nSPS) is 11.9. The highest BCUT2D eigenvalue weighted by atomic mass is 35.5. The third-order valence-corrected chi connectivity index (χ3v) is 7.90. The molecule has 0 aliphatic carbocycles. The molecule has 0 aliphatic heterocycles. The Morgan fingerprint density at radius 1 is 0.919 bits per heavy atom. The number of rotatable bonds is 11. The Morgan fingerprint density at radius 3 is 2.14 bits per heavy atom. The van der Waals surface area contributed by atoms with Crippen molar-refractivity contribution in [3.8, 4) is 17.2 Å². The molecule has 8 nitrogen and oxygen atoms in total. The first-order chi connectivity index (χ1) is 17.6. The van der Waals surface area contributed by atoms with Crippen molar-refractivity contribution in [2.45, 2.75) is 31.2 Å². The number of carbonyl (C=O) groups excluding carboxylic acids is 1. The van der Waals surface area contributed by atoms with Crippen LogP contribution in [0.2, 0.25) is 5.02 Å². The van der Waals surface area contributed by atoms with E-state index in [4.69, 9.17) is 25.8 Å². The number of amides is 1. The lowest BCUT2D eigenvalue weighted by molar-refractivity contribution is -0.120. The van der Waals surface area contributed by atoms with Crippen LogP contribution in [-0.2, 0) is 21.2 Å². The largest absolute Gasteiger partial charge is 0.495 e. The first kappa shape index (κ1) is 28.1. The number of anilines is 1. The molecule has 3 aromatic rings. The van der Waals surface area contributed by atoms with Crippen molar-refractivity contribution in [1.82, 2.24) is 5.32 Å². The summed E-state index contributed by atoms with van der Waals surface area (Å²) in [7, 11) is 0.0109. The predicted molar refractivity (Wildman–Crippen MR) is 144 cm³/mol. The lowest BCUT2D eigenvalue weighted by atomic mass is 10.1. The monoisotopic (exact) mass is 546 g/mol. The fourth-order valence-electron chi connectivity index (χ4n) is 3.80. The highest BCUT2D eigenvalue weighted by molar-refractivity contribution is 7.92. The van der Waals surface area contributed by atoms with Gasteiger partial charge in [0.05, 0.1) is 38.0 Å². The number of methoxy groups -OCH3 is 3. The summed E-state index contributed by atoms with van der Waals surface area (Å²) in [4.78, 5) is 13.1. The molecule has 0 saturated carbocycles. The highest BCUT2D eigenvalue weighted by Gasteiger charge is 2.31. The number of nitrogens with one attached hydrogen (secondary N) is 1. The summed E-state index contributed by atoms with van der Waals surface area (Å²) in [5.74, 6) is 0.340. The third kappa shape index (κ3) is 6.47. The van der Waals surface area contributed by atoms with Gasteiger partial charge in [-0.3, -0.25) is 9.10 Å². The summed E-state index contributed by atoms with van der Waals surface area (Å²) in [6.07, 6.45) is 0.908. The van der Waals surface area contributed by atoms with Crippen molar-refractivity contribution in [3.05, 3.63) is 76.8 Å². The fraction of sp³-hybridized carbons (Fsp3) is 0.296. The molecule has 0 aromatic heterocycles. The lowest BCUT2D eigenvalue weighted by Gasteiger charge is -2.27. The van der Waals surface area contributed by atoms with Crippen LogP contribution in [0.15, 0.2) is 65.6 Å². The molecule has 0 spiro atoms. The Kier molecular flexibility index (Phi) is 9.29. The first-order valence-electron chi connectivity index (χ1n) is 11.6. The number of nitrogens with zero attached hydrogens (tertiary/aromatic N) is 1. The topological polar surface area (TPSA) is 94.2 Å². The zero-order valence-corrected chi connectivity index (χ0v) is 23.0. The smallest absolute Gasteiger partial charge is 0.265 e. The minimum Gasteiger partial charge on any atom is -0.495 e. The standard InChI is InChI=1S/C27H31ClN2O6S/c1-6-19-7-9-20(10-8-19)18(2)29-27(31)17-30(23-15-21(28)11-13-24(23)34-3)37(32,33)22-12-14-25(35-4)26(16-22)36-5/h7-16,18H,6,17H2,1-5H3,(H,29,31)/t18-/m0/s1. The second kappa shape index (κ2) is 12.2. The summed E-state index contributed by atoms with van der Waals surface area (Å²) >= 11 is 6.21. The van der Waals surface area contributed by atoms with Gasteiger partial charge in [0.25, 0.3) is 10.0 Å². The number of ether oxygens (including phenoxy) is 3. The van der Waals surface area contributed by atoms with Crippen molar-refractivity contribution in [1.29, 1.82) is 0 Å².